The molecule has 0 aromatic heterocycles. The molecule has 0 N–H and O–H groups in total. The van der Waals surface area contributed by atoms with Crippen LogP contribution in [0, 0.1) is 6.92 Å². The average Bonchev–Trinajstić information content (AvgIpc) is 2.94. The van der Waals surface area contributed by atoms with E-state index in [-0.39, 0.29) is 21.7 Å². The van der Waals surface area contributed by atoms with E-state index in [0.29, 0.717) is 0 Å². The summed E-state index contributed by atoms with van der Waals surface area (Å²) in [6, 6.07) is 30.4. The van der Waals surface area contributed by atoms with Crippen LogP contribution in [0.15, 0.2) is 84.9 Å². The van der Waals surface area contributed by atoms with Gasteiger partial charge in [-0.1, -0.05) is 132 Å². The molecule has 0 amide bonds. The highest BCUT2D eigenvalue weighted by Gasteiger charge is 2.30. The second-order valence-corrected chi connectivity index (χ2v) is 18.1. The zero-order valence-corrected chi connectivity index (χ0v) is 31.6. The Morgan fingerprint density at radius 3 is 1.26 bits per heavy atom. The van der Waals surface area contributed by atoms with Crippen molar-refractivity contribution < 1.29 is 13.6 Å². The van der Waals surface area contributed by atoms with Gasteiger partial charge in [0.25, 0.3) is 0 Å². The Bertz CT molecular complexity index is 1790. The standard InChI is InChI=1S/C43H53O3P/c1-28-15-14-16-35(21-28)44-47(45-38-26-29-17-19-33(40(2,3)4)22-31(29)24-36(38)42(8,9)10)46-39-27-30-18-20-34(41(5,6)7)23-32(30)25-37(39)43(11,12)13/h14-27H,1-13H3. The third-order valence-corrected chi connectivity index (χ3v) is 9.79. The van der Waals surface area contributed by atoms with Gasteiger partial charge in [-0.3, -0.25) is 0 Å². The van der Waals surface area contributed by atoms with E-state index in [0.717, 1.165) is 44.7 Å². The molecular formula is C43H53O3P. The Morgan fingerprint density at radius 2 is 0.872 bits per heavy atom. The fraction of sp³-hybridized carbons (Fsp3) is 0.395. The lowest BCUT2D eigenvalue weighted by molar-refractivity contribution is 0.378. The van der Waals surface area contributed by atoms with E-state index in [1.165, 1.54) is 21.9 Å². The van der Waals surface area contributed by atoms with Crippen LogP contribution in [0.4, 0.5) is 0 Å². The summed E-state index contributed by atoms with van der Waals surface area (Å²) in [5.41, 5.74) is 5.76. The minimum atomic E-state index is -1.89. The van der Waals surface area contributed by atoms with Crippen LogP contribution in [0.5, 0.6) is 17.2 Å². The van der Waals surface area contributed by atoms with Crippen molar-refractivity contribution in [2.24, 2.45) is 0 Å². The molecule has 0 unspecified atom stereocenters. The Morgan fingerprint density at radius 1 is 0.426 bits per heavy atom. The molecule has 0 radical (unpaired) electrons. The highest BCUT2D eigenvalue weighted by Crippen LogP contribution is 2.49. The number of rotatable bonds is 6. The summed E-state index contributed by atoms with van der Waals surface area (Å²) in [4.78, 5) is 0. The monoisotopic (exact) mass is 648 g/mol. The lowest BCUT2D eigenvalue weighted by Crippen LogP contribution is -2.16. The quantitative estimate of drug-likeness (QED) is 0.172. The minimum absolute atomic E-state index is 0.0635. The third kappa shape index (κ3) is 8.13. The molecule has 0 aliphatic carbocycles. The zero-order valence-electron chi connectivity index (χ0n) is 30.8. The predicted molar refractivity (Wildman–Crippen MR) is 203 cm³/mol. The maximum absolute atomic E-state index is 6.89. The lowest BCUT2D eigenvalue weighted by Gasteiger charge is -2.28. The smallest absolute Gasteiger partial charge is 0.408 e. The molecule has 47 heavy (non-hydrogen) atoms. The molecule has 4 heteroatoms. The van der Waals surface area contributed by atoms with Crippen LogP contribution in [0.3, 0.4) is 0 Å². The van der Waals surface area contributed by atoms with E-state index >= 15 is 0 Å². The summed E-state index contributed by atoms with van der Waals surface area (Å²) in [6.45, 7) is 29.0. The van der Waals surface area contributed by atoms with E-state index in [2.05, 4.69) is 157 Å². The van der Waals surface area contributed by atoms with Gasteiger partial charge in [0.2, 0.25) is 0 Å². The van der Waals surface area contributed by atoms with Gasteiger partial charge in [-0.05, 0) is 103 Å². The van der Waals surface area contributed by atoms with Gasteiger partial charge in [-0.15, -0.1) is 0 Å². The first-order valence-corrected chi connectivity index (χ1v) is 17.9. The van der Waals surface area contributed by atoms with E-state index in [1.807, 2.05) is 18.2 Å². The van der Waals surface area contributed by atoms with Crippen molar-refractivity contribution >= 4 is 30.1 Å². The van der Waals surface area contributed by atoms with Crippen molar-refractivity contribution in [3.05, 3.63) is 113 Å². The number of benzene rings is 5. The summed E-state index contributed by atoms with van der Waals surface area (Å²) in [6.07, 6.45) is 0. The van der Waals surface area contributed by atoms with E-state index in [4.69, 9.17) is 13.6 Å². The number of hydrogen-bond donors (Lipinski definition) is 0. The zero-order chi connectivity index (χ0) is 34.5. The largest absolute Gasteiger partial charge is 0.530 e. The molecule has 0 aliphatic heterocycles. The first kappa shape index (κ1) is 34.8. The van der Waals surface area contributed by atoms with Gasteiger partial charge < -0.3 is 13.6 Å². The summed E-state index contributed by atoms with van der Waals surface area (Å²) < 4.78 is 20.4. The predicted octanol–water partition coefficient (Wildman–Crippen LogP) is 13.3. The van der Waals surface area contributed by atoms with Crippen LogP contribution in [0.2, 0.25) is 0 Å². The molecule has 0 saturated carbocycles. The Balaban J connectivity index is 1.63. The van der Waals surface area contributed by atoms with Crippen molar-refractivity contribution in [1.82, 2.24) is 0 Å². The van der Waals surface area contributed by atoms with E-state index < -0.39 is 8.60 Å². The summed E-state index contributed by atoms with van der Waals surface area (Å²) in [5.74, 6) is 2.28. The molecular weight excluding hydrogens is 595 g/mol. The normalized spacial score (nSPS) is 13.0. The highest BCUT2D eigenvalue weighted by atomic mass is 31.2. The Labute approximate surface area is 284 Å². The van der Waals surface area contributed by atoms with Crippen molar-refractivity contribution in [2.75, 3.05) is 0 Å². The van der Waals surface area contributed by atoms with Crippen molar-refractivity contribution in [3.63, 3.8) is 0 Å². The third-order valence-electron chi connectivity index (χ3n) is 8.74. The van der Waals surface area contributed by atoms with Crippen molar-refractivity contribution in [3.8, 4) is 17.2 Å². The molecule has 5 aromatic carbocycles. The van der Waals surface area contributed by atoms with Crippen LogP contribution in [0.1, 0.15) is 111 Å². The van der Waals surface area contributed by atoms with Gasteiger partial charge in [0.1, 0.15) is 17.2 Å². The summed E-state index contributed by atoms with van der Waals surface area (Å²) in [7, 11) is -1.89. The first-order valence-electron chi connectivity index (χ1n) is 16.8. The number of aryl methyl sites for hydroxylation is 1. The van der Waals surface area contributed by atoms with Crippen molar-refractivity contribution in [1.29, 1.82) is 0 Å². The first-order chi connectivity index (χ1) is 21.7. The van der Waals surface area contributed by atoms with Gasteiger partial charge >= 0.3 is 8.60 Å². The highest BCUT2D eigenvalue weighted by molar-refractivity contribution is 7.43. The van der Waals surface area contributed by atoms with Crippen LogP contribution in [-0.4, -0.2) is 0 Å². The summed E-state index contributed by atoms with van der Waals surface area (Å²) >= 11 is 0. The van der Waals surface area contributed by atoms with Gasteiger partial charge in [-0.25, -0.2) is 0 Å². The fourth-order valence-electron chi connectivity index (χ4n) is 5.78. The molecule has 248 valence electrons. The molecule has 0 bridgehead atoms. The van der Waals surface area contributed by atoms with E-state index in [1.54, 1.807) is 0 Å². The SMILES string of the molecule is Cc1cccc(OP(Oc2cc3ccc(C(C)(C)C)cc3cc2C(C)(C)C)Oc2cc3ccc(C(C)(C)C)cc3cc2C(C)(C)C)c1. The fourth-order valence-corrected chi connectivity index (χ4v) is 6.81. The summed E-state index contributed by atoms with van der Waals surface area (Å²) in [5, 5.41) is 4.67. The second-order valence-electron chi connectivity index (χ2n) is 17.1. The molecule has 5 aromatic rings. The number of hydrogen-bond acceptors (Lipinski definition) is 3. The molecule has 0 spiro atoms. The maximum Gasteiger partial charge on any atom is 0.530 e. The molecule has 0 heterocycles. The lowest BCUT2D eigenvalue weighted by atomic mass is 9.83. The Hall–Kier alpha value is -3.55. The van der Waals surface area contributed by atoms with Crippen LogP contribution in [-0.2, 0) is 21.7 Å². The van der Waals surface area contributed by atoms with Crippen molar-refractivity contribution in [2.45, 2.75) is 112 Å². The molecule has 3 nitrogen and oxygen atoms in total. The van der Waals surface area contributed by atoms with Gasteiger partial charge in [-0.2, -0.15) is 0 Å². The van der Waals surface area contributed by atoms with Crippen LogP contribution in [0.25, 0.3) is 21.5 Å². The molecule has 0 saturated heterocycles. The topological polar surface area (TPSA) is 27.7 Å². The maximum atomic E-state index is 6.89. The Kier molecular flexibility index (Phi) is 9.23. The van der Waals surface area contributed by atoms with E-state index in [9.17, 15) is 0 Å². The molecule has 5 rings (SSSR count). The minimum Gasteiger partial charge on any atom is -0.408 e. The molecule has 0 aliphatic rings. The van der Waals surface area contributed by atoms with Gasteiger partial charge in [0, 0.05) is 11.1 Å². The van der Waals surface area contributed by atoms with Crippen LogP contribution >= 0.6 is 8.60 Å². The number of fused-ring (bicyclic) bond motifs is 2. The molecule has 0 fully saturated rings. The second kappa shape index (κ2) is 12.5. The van der Waals surface area contributed by atoms with Gasteiger partial charge in [0.15, 0.2) is 0 Å². The molecule has 0 atom stereocenters. The van der Waals surface area contributed by atoms with Crippen LogP contribution < -0.4 is 13.6 Å². The average molecular weight is 649 g/mol. The van der Waals surface area contributed by atoms with Gasteiger partial charge in [0.05, 0.1) is 0 Å².